The average molecular weight is 398 g/mol. The van der Waals surface area contributed by atoms with Gasteiger partial charge in [0.05, 0.1) is 6.33 Å². The molecule has 0 aliphatic carbocycles. The summed E-state index contributed by atoms with van der Waals surface area (Å²) in [6.07, 6.45) is 9.34. The first-order valence-corrected chi connectivity index (χ1v) is 10.6. The number of amides is 2. The van der Waals surface area contributed by atoms with Crippen molar-refractivity contribution in [1.82, 2.24) is 30.5 Å². The van der Waals surface area contributed by atoms with Gasteiger partial charge in [0.25, 0.3) is 0 Å². The van der Waals surface area contributed by atoms with Crippen LogP contribution in [0.5, 0.6) is 0 Å². The fraction of sp³-hybridized carbons (Fsp3) is 0.571. The Balaban J connectivity index is 1.25. The third-order valence-corrected chi connectivity index (χ3v) is 6.04. The number of anilines is 1. The quantitative estimate of drug-likeness (QED) is 0.689. The molecular weight excluding hydrogens is 366 g/mol. The van der Waals surface area contributed by atoms with E-state index in [0.29, 0.717) is 24.9 Å². The van der Waals surface area contributed by atoms with Gasteiger partial charge in [0.15, 0.2) is 0 Å². The second-order valence-corrected chi connectivity index (χ2v) is 8.09. The second kappa shape index (κ2) is 9.26. The van der Waals surface area contributed by atoms with Crippen molar-refractivity contribution in [3.63, 3.8) is 0 Å². The highest BCUT2D eigenvalue weighted by atomic mass is 16.2. The number of aromatic nitrogens is 3. The number of nitrogens with zero attached hydrogens (tertiary/aromatic N) is 4. The van der Waals surface area contributed by atoms with Gasteiger partial charge in [-0.3, -0.25) is 0 Å². The maximum atomic E-state index is 12.3. The monoisotopic (exact) mass is 397 g/mol. The number of pyridine rings is 1. The molecule has 0 spiro atoms. The number of hydrogen-bond donors (Lipinski definition) is 3. The molecule has 2 aliphatic rings. The fourth-order valence-electron chi connectivity index (χ4n) is 4.35. The van der Waals surface area contributed by atoms with E-state index in [0.717, 1.165) is 37.6 Å². The van der Waals surface area contributed by atoms with Crippen molar-refractivity contribution in [2.45, 2.75) is 31.7 Å². The number of piperidine rings is 1. The molecule has 2 aliphatic heterocycles. The van der Waals surface area contributed by atoms with E-state index in [-0.39, 0.29) is 6.03 Å². The van der Waals surface area contributed by atoms with Crippen LogP contribution in [0.25, 0.3) is 0 Å². The summed E-state index contributed by atoms with van der Waals surface area (Å²) in [5.41, 5.74) is 2.29. The van der Waals surface area contributed by atoms with Gasteiger partial charge in [-0.25, -0.2) is 14.8 Å². The summed E-state index contributed by atoms with van der Waals surface area (Å²) in [5, 5.41) is 9.45. The average Bonchev–Trinajstić information content (AvgIpc) is 3.39. The molecule has 0 unspecified atom stereocenters. The predicted molar refractivity (Wildman–Crippen MR) is 113 cm³/mol. The maximum absolute atomic E-state index is 12.3. The highest BCUT2D eigenvalue weighted by Crippen LogP contribution is 2.27. The molecule has 4 rings (SSSR count). The van der Waals surface area contributed by atoms with Crippen LogP contribution in [-0.4, -0.2) is 53.3 Å². The van der Waals surface area contributed by atoms with Gasteiger partial charge in [0.1, 0.15) is 5.82 Å². The molecule has 0 aromatic carbocycles. The lowest BCUT2D eigenvalue weighted by Crippen LogP contribution is -2.39. The number of urea groups is 1. The first-order chi connectivity index (χ1) is 14.2. The lowest BCUT2D eigenvalue weighted by Gasteiger charge is -2.27. The van der Waals surface area contributed by atoms with Crippen molar-refractivity contribution in [2.75, 3.05) is 37.6 Å². The van der Waals surface area contributed by atoms with E-state index in [1.807, 2.05) is 31.8 Å². The van der Waals surface area contributed by atoms with E-state index in [1.165, 1.54) is 25.0 Å². The molecule has 4 heterocycles. The summed E-state index contributed by atoms with van der Waals surface area (Å²) in [6, 6.07) is 3.93. The topological polar surface area (TPSA) is 87.1 Å². The van der Waals surface area contributed by atoms with Crippen LogP contribution >= 0.6 is 0 Å². The Kier molecular flexibility index (Phi) is 6.29. The van der Waals surface area contributed by atoms with Crippen molar-refractivity contribution in [2.24, 2.45) is 13.0 Å². The molecule has 2 saturated heterocycles. The van der Waals surface area contributed by atoms with Crippen LogP contribution in [-0.2, 0) is 13.6 Å². The van der Waals surface area contributed by atoms with Crippen LogP contribution in [0.3, 0.4) is 0 Å². The van der Waals surface area contributed by atoms with Crippen LogP contribution in [0.4, 0.5) is 10.6 Å². The number of imidazole rings is 1. The fourth-order valence-corrected chi connectivity index (χ4v) is 4.35. The highest BCUT2D eigenvalue weighted by Gasteiger charge is 2.30. The van der Waals surface area contributed by atoms with Crippen LogP contribution in [0.1, 0.15) is 36.4 Å². The second-order valence-electron chi connectivity index (χ2n) is 8.09. The zero-order chi connectivity index (χ0) is 20.1. The molecule has 3 N–H and O–H groups in total. The summed E-state index contributed by atoms with van der Waals surface area (Å²) in [4.78, 5) is 23.4. The minimum Gasteiger partial charge on any atom is -0.357 e. The number of carbonyl (C=O) groups is 1. The predicted octanol–water partition coefficient (Wildman–Crippen LogP) is 1.61. The van der Waals surface area contributed by atoms with Gasteiger partial charge in [-0.05, 0) is 42.9 Å². The maximum Gasteiger partial charge on any atom is 0.315 e. The van der Waals surface area contributed by atoms with Crippen LogP contribution in [0, 0.1) is 5.92 Å². The molecule has 156 valence electrons. The lowest BCUT2D eigenvalue weighted by molar-refractivity contribution is 0.238. The normalized spacial score (nSPS) is 21.9. The van der Waals surface area contributed by atoms with Crippen molar-refractivity contribution in [3.8, 4) is 0 Å². The van der Waals surface area contributed by atoms with E-state index in [1.54, 1.807) is 0 Å². The van der Waals surface area contributed by atoms with E-state index in [4.69, 9.17) is 0 Å². The minimum atomic E-state index is -0.128. The first kappa shape index (κ1) is 19.7. The summed E-state index contributed by atoms with van der Waals surface area (Å²) in [7, 11) is 2.02. The van der Waals surface area contributed by atoms with Gasteiger partial charge in [-0.1, -0.05) is 0 Å². The zero-order valence-electron chi connectivity index (χ0n) is 17.1. The molecule has 2 fully saturated rings. The van der Waals surface area contributed by atoms with Crippen molar-refractivity contribution in [3.05, 3.63) is 42.1 Å². The van der Waals surface area contributed by atoms with Crippen LogP contribution < -0.4 is 20.9 Å². The third-order valence-electron chi connectivity index (χ3n) is 6.04. The van der Waals surface area contributed by atoms with Crippen LogP contribution in [0.15, 0.2) is 30.9 Å². The Labute approximate surface area is 172 Å². The van der Waals surface area contributed by atoms with Crippen molar-refractivity contribution in [1.29, 1.82) is 0 Å². The summed E-state index contributed by atoms with van der Waals surface area (Å²) >= 11 is 0. The number of carbonyl (C=O) groups excluding carboxylic acids is 1. The van der Waals surface area contributed by atoms with Gasteiger partial charge < -0.3 is 25.4 Å². The molecule has 29 heavy (non-hydrogen) atoms. The molecule has 0 bridgehead atoms. The smallest absolute Gasteiger partial charge is 0.315 e. The Bertz CT molecular complexity index is 815. The molecule has 2 aromatic rings. The molecule has 0 saturated carbocycles. The van der Waals surface area contributed by atoms with E-state index >= 15 is 0 Å². The molecule has 2 aromatic heterocycles. The van der Waals surface area contributed by atoms with Crippen molar-refractivity contribution >= 4 is 11.8 Å². The number of rotatable bonds is 6. The molecule has 0 radical (unpaired) electrons. The van der Waals surface area contributed by atoms with Gasteiger partial charge in [0, 0.05) is 70.3 Å². The highest BCUT2D eigenvalue weighted by molar-refractivity contribution is 5.73. The standard InChI is InChI=1S/C21H31N7O/c1-27-15-23-14-19(27)18-13-22-11-17(18)12-26-21(29)25-10-16-5-6-24-20(9-16)28-7-3-2-4-8-28/h5-6,9,14-15,17-18,22H,2-4,7-8,10-13H2,1H3,(H2,25,26,29)/t17-,18+/m0/s1. The van der Waals surface area contributed by atoms with Gasteiger partial charge in [-0.15, -0.1) is 0 Å². The molecule has 2 amide bonds. The third kappa shape index (κ3) is 4.87. The van der Waals surface area contributed by atoms with Crippen molar-refractivity contribution < 1.29 is 4.79 Å². The number of aryl methyl sites for hydroxylation is 1. The molecular formula is C21H31N7O. The number of hydrogen-bond acceptors (Lipinski definition) is 5. The largest absolute Gasteiger partial charge is 0.357 e. The zero-order valence-corrected chi connectivity index (χ0v) is 17.1. The van der Waals surface area contributed by atoms with Crippen LogP contribution in [0.2, 0.25) is 0 Å². The summed E-state index contributed by atoms with van der Waals surface area (Å²) in [5.74, 6) is 1.75. The number of nitrogens with one attached hydrogen (secondary N) is 3. The Morgan fingerprint density at radius 1 is 1.24 bits per heavy atom. The summed E-state index contributed by atoms with van der Waals surface area (Å²) in [6.45, 7) is 5.10. The molecule has 2 atom stereocenters. The van der Waals surface area contributed by atoms with E-state index in [2.05, 4.69) is 41.5 Å². The lowest BCUT2D eigenvalue weighted by atomic mass is 9.93. The van der Waals surface area contributed by atoms with Gasteiger partial charge in [-0.2, -0.15) is 0 Å². The van der Waals surface area contributed by atoms with Gasteiger partial charge >= 0.3 is 6.03 Å². The Morgan fingerprint density at radius 2 is 2.10 bits per heavy atom. The molecule has 8 heteroatoms. The Morgan fingerprint density at radius 3 is 2.90 bits per heavy atom. The Hall–Kier alpha value is -2.61. The van der Waals surface area contributed by atoms with E-state index < -0.39 is 0 Å². The summed E-state index contributed by atoms with van der Waals surface area (Å²) < 4.78 is 2.06. The first-order valence-electron chi connectivity index (χ1n) is 10.6. The van der Waals surface area contributed by atoms with E-state index in [9.17, 15) is 4.79 Å². The minimum absolute atomic E-state index is 0.128. The SMILES string of the molecule is Cn1cncc1[C@@H]1CNC[C@H]1CNC(=O)NCc1ccnc(N2CCCCC2)c1. The molecule has 8 nitrogen and oxygen atoms in total. The van der Waals surface area contributed by atoms with Gasteiger partial charge in [0.2, 0.25) is 0 Å².